The summed E-state index contributed by atoms with van der Waals surface area (Å²) in [6, 6.07) is 12.4. The summed E-state index contributed by atoms with van der Waals surface area (Å²) in [6.45, 7) is 1.58. The molecule has 0 saturated carbocycles. The van der Waals surface area contributed by atoms with Crippen LogP contribution in [0.5, 0.6) is 11.5 Å². The number of carbonyl (C=O) groups is 2. The molecule has 0 fully saturated rings. The Morgan fingerprint density at radius 3 is 2.55 bits per heavy atom. The predicted octanol–water partition coefficient (Wildman–Crippen LogP) is 3.86. The van der Waals surface area contributed by atoms with E-state index in [0.29, 0.717) is 27.2 Å². The predicted molar refractivity (Wildman–Crippen MR) is 112 cm³/mol. The van der Waals surface area contributed by atoms with Gasteiger partial charge in [-0.2, -0.15) is 5.26 Å². The van der Waals surface area contributed by atoms with Gasteiger partial charge in [0.05, 0.1) is 14.2 Å². The topological polar surface area (TPSA) is 97.7 Å². The summed E-state index contributed by atoms with van der Waals surface area (Å²) in [5.74, 6) is -0.421. The second-order valence-electron chi connectivity index (χ2n) is 5.83. The van der Waals surface area contributed by atoms with Gasteiger partial charge >= 0.3 is 5.97 Å². The molecule has 0 aromatic heterocycles. The zero-order valence-electron chi connectivity index (χ0n) is 16.1. The van der Waals surface area contributed by atoms with Crippen molar-refractivity contribution in [1.82, 2.24) is 0 Å². The first kappa shape index (κ1) is 22.0. The summed E-state index contributed by atoms with van der Waals surface area (Å²) >= 11 is 3.38. The van der Waals surface area contributed by atoms with E-state index >= 15 is 0 Å². The molecule has 7 nitrogen and oxygen atoms in total. The average Bonchev–Trinajstić information content (AvgIpc) is 2.72. The van der Waals surface area contributed by atoms with Gasteiger partial charge in [-0.05, 0) is 42.3 Å². The number of carbonyl (C=O) groups excluding carboxylic acids is 2. The third-order valence-electron chi connectivity index (χ3n) is 3.91. The first-order valence-electron chi connectivity index (χ1n) is 8.45. The lowest BCUT2D eigenvalue weighted by Gasteiger charge is -2.12. The number of nitrogens with zero attached hydrogens (tertiary/aromatic N) is 1. The van der Waals surface area contributed by atoms with Crippen LogP contribution in [0.3, 0.4) is 0 Å². The minimum atomic E-state index is -0.535. The van der Waals surface area contributed by atoms with Gasteiger partial charge < -0.3 is 19.5 Å². The normalized spacial score (nSPS) is 10.7. The molecule has 0 unspecified atom stereocenters. The van der Waals surface area contributed by atoms with Crippen LogP contribution in [-0.4, -0.2) is 32.7 Å². The van der Waals surface area contributed by atoms with Gasteiger partial charge in [0.1, 0.15) is 11.6 Å². The largest absolute Gasteiger partial charge is 0.493 e. The number of hydrogen-bond donors (Lipinski definition) is 1. The molecule has 29 heavy (non-hydrogen) atoms. The fraction of sp³-hybridized carbons (Fsp3) is 0.190. The lowest BCUT2D eigenvalue weighted by molar-refractivity contribution is -0.142. The van der Waals surface area contributed by atoms with E-state index in [-0.39, 0.29) is 12.2 Å². The Kier molecular flexibility index (Phi) is 7.80. The van der Waals surface area contributed by atoms with Crippen molar-refractivity contribution in [2.45, 2.75) is 6.92 Å². The minimum absolute atomic E-state index is 0.0840. The van der Waals surface area contributed by atoms with Crippen LogP contribution in [0.25, 0.3) is 6.08 Å². The van der Waals surface area contributed by atoms with Crippen molar-refractivity contribution < 1.29 is 23.8 Å². The molecule has 0 aliphatic rings. The highest BCUT2D eigenvalue weighted by atomic mass is 79.9. The van der Waals surface area contributed by atoms with E-state index < -0.39 is 11.9 Å². The van der Waals surface area contributed by atoms with Gasteiger partial charge in [-0.25, -0.2) is 4.79 Å². The highest BCUT2D eigenvalue weighted by Crippen LogP contribution is 2.34. The first-order chi connectivity index (χ1) is 13.9. The Morgan fingerprint density at radius 2 is 1.93 bits per heavy atom. The summed E-state index contributed by atoms with van der Waals surface area (Å²) in [7, 11) is 2.70. The number of anilines is 1. The smallest absolute Gasteiger partial charge is 0.343 e. The quantitative estimate of drug-likeness (QED) is 0.384. The molecule has 0 aliphatic carbocycles. The van der Waals surface area contributed by atoms with Crippen molar-refractivity contribution in [2.24, 2.45) is 0 Å². The van der Waals surface area contributed by atoms with Gasteiger partial charge in [-0.15, -0.1) is 0 Å². The number of rotatable bonds is 7. The molecule has 1 N–H and O–H groups in total. The molecular weight excluding hydrogens is 440 g/mol. The van der Waals surface area contributed by atoms with Gasteiger partial charge in [-0.3, -0.25) is 4.79 Å². The van der Waals surface area contributed by atoms with Crippen LogP contribution in [0.15, 0.2) is 46.4 Å². The van der Waals surface area contributed by atoms with Crippen LogP contribution in [-0.2, 0) is 14.3 Å². The van der Waals surface area contributed by atoms with E-state index in [1.54, 1.807) is 24.3 Å². The van der Waals surface area contributed by atoms with Crippen LogP contribution >= 0.6 is 15.9 Å². The Hall–Kier alpha value is -3.31. The van der Waals surface area contributed by atoms with Gasteiger partial charge in [0.15, 0.2) is 18.1 Å². The molecule has 8 heteroatoms. The number of ether oxygens (including phenoxy) is 3. The number of nitrogens with one attached hydrogen (secondary N) is 1. The molecule has 0 heterocycles. The number of methoxy groups -OCH3 is 2. The van der Waals surface area contributed by atoms with E-state index in [1.165, 1.54) is 20.3 Å². The summed E-state index contributed by atoms with van der Waals surface area (Å²) in [4.78, 5) is 23.8. The molecule has 1 amide bonds. The first-order valence-corrected chi connectivity index (χ1v) is 9.24. The van der Waals surface area contributed by atoms with E-state index in [0.717, 1.165) is 5.56 Å². The third-order valence-corrected chi connectivity index (χ3v) is 4.60. The third kappa shape index (κ3) is 5.83. The highest BCUT2D eigenvalue weighted by Gasteiger charge is 2.15. The van der Waals surface area contributed by atoms with Gasteiger partial charge in [0.25, 0.3) is 5.91 Å². The Bertz CT molecular complexity index is 995. The number of para-hydroxylation sites is 1. The SMILES string of the molecule is COC(=O)COc1cc(Br)c(/C=C(/C#N)C(=O)Nc2ccccc2C)cc1OC. The Labute approximate surface area is 177 Å². The lowest BCUT2D eigenvalue weighted by atomic mass is 10.1. The van der Waals surface area contributed by atoms with Crippen LogP contribution in [0.2, 0.25) is 0 Å². The highest BCUT2D eigenvalue weighted by molar-refractivity contribution is 9.10. The molecular formula is C21H19BrN2O5. The van der Waals surface area contributed by atoms with Crippen molar-refractivity contribution in [3.05, 3.63) is 57.6 Å². The van der Waals surface area contributed by atoms with E-state index in [4.69, 9.17) is 9.47 Å². The molecule has 0 aliphatic heterocycles. The standard InChI is InChI=1S/C21H19BrN2O5/c1-13-6-4-5-7-17(13)24-21(26)15(11-23)8-14-9-18(27-2)19(10-16(14)22)29-12-20(25)28-3/h4-10H,12H2,1-3H3,(H,24,26)/b15-8-. The summed E-state index contributed by atoms with van der Waals surface area (Å²) in [6.07, 6.45) is 1.43. The van der Waals surface area contributed by atoms with Gasteiger partial charge in [0, 0.05) is 10.2 Å². The lowest BCUT2D eigenvalue weighted by Crippen LogP contribution is -2.14. The molecule has 0 radical (unpaired) electrons. The second kappa shape index (κ2) is 10.3. The fourth-order valence-electron chi connectivity index (χ4n) is 2.34. The van der Waals surface area contributed by atoms with Crippen LogP contribution in [0.1, 0.15) is 11.1 Å². The van der Waals surface area contributed by atoms with Crippen LogP contribution in [0, 0.1) is 18.3 Å². The zero-order chi connectivity index (χ0) is 21.4. The van der Waals surface area contributed by atoms with Crippen molar-refractivity contribution in [2.75, 3.05) is 26.1 Å². The number of aryl methyl sites for hydroxylation is 1. The number of hydrogen-bond acceptors (Lipinski definition) is 6. The monoisotopic (exact) mass is 458 g/mol. The molecule has 150 valence electrons. The van der Waals surface area contributed by atoms with Crippen molar-refractivity contribution in [3.63, 3.8) is 0 Å². The number of halogens is 1. The van der Waals surface area contributed by atoms with Crippen molar-refractivity contribution in [1.29, 1.82) is 5.26 Å². The van der Waals surface area contributed by atoms with Gasteiger partial charge in [-0.1, -0.05) is 34.1 Å². The zero-order valence-corrected chi connectivity index (χ0v) is 17.7. The maximum Gasteiger partial charge on any atom is 0.343 e. The van der Waals surface area contributed by atoms with Crippen LogP contribution < -0.4 is 14.8 Å². The molecule has 0 spiro atoms. The molecule has 0 atom stereocenters. The van der Waals surface area contributed by atoms with Crippen molar-refractivity contribution >= 4 is 39.6 Å². The maximum absolute atomic E-state index is 12.5. The van der Waals surface area contributed by atoms with E-state index in [1.807, 2.05) is 25.1 Å². The molecule has 2 rings (SSSR count). The van der Waals surface area contributed by atoms with Gasteiger partial charge in [0.2, 0.25) is 0 Å². The number of esters is 1. The van der Waals surface area contributed by atoms with Crippen LogP contribution in [0.4, 0.5) is 5.69 Å². The fourth-order valence-corrected chi connectivity index (χ4v) is 2.77. The minimum Gasteiger partial charge on any atom is -0.493 e. The molecule has 0 saturated heterocycles. The molecule has 2 aromatic carbocycles. The maximum atomic E-state index is 12.5. The number of amides is 1. The summed E-state index contributed by atoms with van der Waals surface area (Å²) < 4.78 is 15.8. The molecule has 2 aromatic rings. The van der Waals surface area contributed by atoms with Crippen molar-refractivity contribution in [3.8, 4) is 17.6 Å². The Balaban J connectivity index is 2.30. The second-order valence-corrected chi connectivity index (χ2v) is 6.68. The van der Waals surface area contributed by atoms with E-state index in [9.17, 15) is 14.9 Å². The summed E-state index contributed by atoms with van der Waals surface area (Å²) in [5.41, 5.74) is 1.96. The Morgan fingerprint density at radius 1 is 1.21 bits per heavy atom. The van der Waals surface area contributed by atoms with E-state index in [2.05, 4.69) is 26.0 Å². The number of benzene rings is 2. The molecule has 0 bridgehead atoms. The number of nitriles is 1. The summed E-state index contributed by atoms with van der Waals surface area (Å²) in [5, 5.41) is 12.2. The average molecular weight is 459 g/mol.